The minimum Gasteiger partial charge on any atom is -0.379 e. The highest BCUT2D eigenvalue weighted by Crippen LogP contribution is 2.33. The van der Waals surface area contributed by atoms with Crippen LogP contribution in [0.25, 0.3) is 0 Å². The second kappa shape index (κ2) is 5.81. The summed E-state index contributed by atoms with van der Waals surface area (Å²) < 4.78 is 37.8. The summed E-state index contributed by atoms with van der Waals surface area (Å²) in [4.78, 5) is 11.7. The van der Waals surface area contributed by atoms with Gasteiger partial charge in [0, 0.05) is 11.0 Å². The van der Waals surface area contributed by atoms with Gasteiger partial charge in [-0.1, -0.05) is 15.9 Å². The fourth-order valence-corrected chi connectivity index (χ4v) is 1.54. The number of benzene rings is 1. The van der Waals surface area contributed by atoms with Gasteiger partial charge in [-0.05, 0) is 25.1 Å². The number of carbonyl (C=O) groups excluding carboxylic acids is 1. The molecule has 8 heteroatoms. The summed E-state index contributed by atoms with van der Waals surface area (Å²) >= 11 is 2.94. The third-order valence-corrected chi connectivity index (χ3v) is 3.54. The van der Waals surface area contributed by atoms with Gasteiger partial charge in [-0.2, -0.15) is 18.4 Å². The predicted molar refractivity (Wildman–Crippen MR) is 69.2 cm³/mol. The van der Waals surface area contributed by atoms with Crippen LogP contribution in [0.15, 0.2) is 18.2 Å². The fourth-order valence-electron chi connectivity index (χ4n) is 1.29. The number of hydrogen-bond acceptors (Lipinski definition) is 3. The molecule has 0 aromatic heterocycles. The Balaban J connectivity index is 3.07. The molecule has 0 heterocycles. The van der Waals surface area contributed by atoms with Crippen LogP contribution in [0.1, 0.15) is 18.1 Å². The first-order chi connectivity index (χ1) is 9.11. The molecule has 0 bridgehead atoms. The van der Waals surface area contributed by atoms with Crippen molar-refractivity contribution in [3.05, 3.63) is 29.3 Å². The normalized spacial score (nSPS) is 14.2. The van der Waals surface area contributed by atoms with E-state index in [4.69, 9.17) is 5.26 Å². The molecule has 1 aromatic carbocycles. The van der Waals surface area contributed by atoms with Crippen molar-refractivity contribution in [2.24, 2.45) is 0 Å². The van der Waals surface area contributed by atoms with Gasteiger partial charge in [-0.25, -0.2) is 0 Å². The number of anilines is 1. The van der Waals surface area contributed by atoms with E-state index in [0.717, 1.165) is 12.1 Å². The summed E-state index contributed by atoms with van der Waals surface area (Å²) in [6, 6.07) is 4.06. The highest BCUT2D eigenvalue weighted by Gasteiger charge is 2.34. The van der Waals surface area contributed by atoms with E-state index in [0.29, 0.717) is 6.07 Å². The fraction of sp³-hybridized carbons (Fsp3) is 0.333. The maximum atomic E-state index is 12.6. The van der Waals surface area contributed by atoms with E-state index in [1.54, 1.807) is 0 Å². The van der Waals surface area contributed by atoms with Crippen LogP contribution in [0.5, 0.6) is 0 Å². The first-order valence-corrected chi connectivity index (χ1v) is 6.45. The van der Waals surface area contributed by atoms with Crippen molar-refractivity contribution in [1.82, 2.24) is 0 Å². The lowest BCUT2D eigenvalue weighted by Crippen LogP contribution is -2.41. The molecule has 108 valence electrons. The number of carbonyl (C=O) groups is 1. The van der Waals surface area contributed by atoms with Crippen molar-refractivity contribution in [2.45, 2.75) is 18.7 Å². The van der Waals surface area contributed by atoms with Gasteiger partial charge < -0.3 is 10.4 Å². The first-order valence-electron chi connectivity index (χ1n) is 5.33. The Hall–Kier alpha value is -1.59. The van der Waals surface area contributed by atoms with Gasteiger partial charge in [-0.15, -0.1) is 0 Å². The summed E-state index contributed by atoms with van der Waals surface area (Å²) in [7, 11) is 0. The Morgan fingerprint density at radius 3 is 2.55 bits per heavy atom. The van der Waals surface area contributed by atoms with Gasteiger partial charge in [0.1, 0.15) is 5.60 Å². The van der Waals surface area contributed by atoms with Gasteiger partial charge >= 0.3 is 6.18 Å². The molecular weight excluding hydrogens is 341 g/mol. The van der Waals surface area contributed by atoms with Crippen LogP contribution in [0.2, 0.25) is 0 Å². The topological polar surface area (TPSA) is 73.1 Å². The second-order valence-electron chi connectivity index (χ2n) is 4.23. The van der Waals surface area contributed by atoms with Crippen LogP contribution in [0, 0.1) is 11.3 Å². The number of halogens is 4. The van der Waals surface area contributed by atoms with Gasteiger partial charge in [-0.3, -0.25) is 4.79 Å². The monoisotopic (exact) mass is 350 g/mol. The van der Waals surface area contributed by atoms with Gasteiger partial charge in [0.25, 0.3) is 5.91 Å². The molecular formula is C12H10BrF3N2O2. The molecule has 0 aliphatic heterocycles. The van der Waals surface area contributed by atoms with E-state index in [2.05, 4.69) is 21.2 Å². The summed E-state index contributed by atoms with van der Waals surface area (Å²) in [5.41, 5.74) is -3.39. The van der Waals surface area contributed by atoms with Crippen LogP contribution in [0.3, 0.4) is 0 Å². The zero-order valence-corrected chi connectivity index (χ0v) is 11.8. The van der Waals surface area contributed by atoms with Gasteiger partial charge in [0.2, 0.25) is 0 Å². The molecule has 20 heavy (non-hydrogen) atoms. The molecule has 0 aliphatic carbocycles. The summed E-state index contributed by atoms with van der Waals surface area (Å²) in [6.07, 6.45) is -4.64. The van der Waals surface area contributed by atoms with Crippen LogP contribution in [-0.2, 0) is 11.0 Å². The van der Waals surface area contributed by atoms with Gasteiger partial charge in [0.15, 0.2) is 0 Å². The van der Waals surface area contributed by atoms with E-state index in [1.807, 2.05) is 0 Å². The predicted octanol–water partition coefficient (Wildman–Crippen LogP) is 2.66. The zero-order valence-electron chi connectivity index (χ0n) is 10.3. The highest BCUT2D eigenvalue weighted by molar-refractivity contribution is 9.09. The Morgan fingerprint density at radius 1 is 1.50 bits per heavy atom. The summed E-state index contributed by atoms with van der Waals surface area (Å²) in [5, 5.41) is 20.6. The molecule has 0 unspecified atom stereocenters. The third kappa shape index (κ3) is 3.71. The minimum atomic E-state index is -4.64. The van der Waals surface area contributed by atoms with E-state index in [-0.39, 0.29) is 11.0 Å². The smallest absolute Gasteiger partial charge is 0.379 e. The molecule has 0 radical (unpaired) electrons. The molecule has 1 aromatic rings. The zero-order chi connectivity index (χ0) is 15.6. The second-order valence-corrected chi connectivity index (χ2v) is 4.79. The van der Waals surface area contributed by atoms with Crippen LogP contribution in [-0.4, -0.2) is 21.9 Å². The lowest BCUT2D eigenvalue weighted by Gasteiger charge is -2.19. The molecule has 4 nitrogen and oxygen atoms in total. The number of nitrogens with zero attached hydrogens (tertiary/aromatic N) is 1. The molecule has 0 spiro atoms. The number of rotatable bonds is 3. The van der Waals surface area contributed by atoms with Crippen LogP contribution in [0.4, 0.5) is 18.9 Å². The third-order valence-electron chi connectivity index (χ3n) is 2.45. The lowest BCUT2D eigenvalue weighted by atomic mass is 10.1. The van der Waals surface area contributed by atoms with Gasteiger partial charge in [0.05, 0.1) is 17.2 Å². The Morgan fingerprint density at radius 2 is 2.10 bits per heavy atom. The average molecular weight is 351 g/mol. The van der Waals surface area contributed by atoms with E-state index in [9.17, 15) is 23.1 Å². The minimum absolute atomic E-state index is 0.000718. The van der Waals surface area contributed by atoms with Crippen molar-refractivity contribution in [2.75, 3.05) is 10.6 Å². The molecule has 0 saturated heterocycles. The van der Waals surface area contributed by atoms with Crippen molar-refractivity contribution in [3.63, 3.8) is 0 Å². The van der Waals surface area contributed by atoms with E-state index < -0.39 is 28.8 Å². The van der Waals surface area contributed by atoms with Crippen molar-refractivity contribution in [3.8, 4) is 6.07 Å². The summed E-state index contributed by atoms with van der Waals surface area (Å²) in [6.45, 7) is 1.24. The standard InChI is InChI=1S/C12H10BrF3N2O2/c1-11(20,6-13)10(19)18-8-2-3-9(12(14,15)16)7(4-8)5-17/h2-4,20H,6H2,1H3,(H,18,19)/t11-/m0/s1. The first kappa shape index (κ1) is 16.5. The molecule has 1 atom stereocenters. The maximum absolute atomic E-state index is 12.6. The highest BCUT2D eigenvalue weighted by atomic mass is 79.9. The SMILES string of the molecule is C[C@](O)(CBr)C(=O)Nc1ccc(C(F)(F)F)c(C#N)c1. The Labute approximate surface area is 121 Å². The maximum Gasteiger partial charge on any atom is 0.417 e. The average Bonchev–Trinajstić information content (AvgIpc) is 2.37. The van der Waals surface area contributed by atoms with Crippen molar-refractivity contribution < 1.29 is 23.1 Å². The molecule has 0 saturated carbocycles. The lowest BCUT2D eigenvalue weighted by molar-refractivity contribution is -0.137. The van der Waals surface area contributed by atoms with Crippen LogP contribution < -0.4 is 5.32 Å². The van der Waals surface area contributed by atoms with E-state index >= 15 is 0 Å². The molecule has 0 fully saturated rings. The van der Waals surface area contributed by atoms with E-state index in [1.165, 1.54) is 13.0 Å². The number of amides is 1. The number of aliphatic hydroxyl groups is 1. The quantitative estimate of drug-likeness (QED) is 0.823. The number of nitriles is 1. The van der Waals surface area contributed by atoms with Crippen LogP contribution >= 0.6 is 15.9 Å². The molecule has 2 N–H and O–H groups in total. The van der Waals surface area contributed by atoms with Crippen molar-refractivity contribution >= 4 is 27.5 Å². The molecule has 1 rings (SSSR count). The Kier molecular flexibility index (Phi) is 4.78. The number of alkyl halides is 4. The van der Waals surface area contributed by atoms with Crippen molar-refractivity contribution in [1.29, 1.82) is 5.26 Å². The number of hydrogen-bond donors (Lipinski definition) is 2. The molecule has 1 amide bonds. The largest absolute Gasteiger partial charge is 0.417 e. The Bertz CT molecular complexity index is 565. The summed E-state index contributed by atoms with van der Waals surface area (Å²) in [5.74, 6) is -0.793. The molecule has 0 aliphatic rings. The number of nitrogens with one attached hydrogen (secondary N) is 1.